The van der Waals surface area contributed by atoms with Crippen molar-refractivity contribution in [2.75, 3.05) is 12.4 Å². The second-order valence-electron chi connectivity index (χ2n) is 4.22. The van der Waals surface area contributed by atoms with Gasteiger partial charge in [0.2, 0.25) is 0 Å². The van der Waals surface area contributed by atoms with E-state index in [2.05, 4.69) is 5.32 Å². The first-order valence-corrected chi connectivity index (χ1v) is 6.27. The Hall–Kier alpha value is -0.840. The highest BCUT2D eigenvalue weighted by molar-refractivity contribution is 7.80. The number of methoxy groups -OCH3 is 1. The summed E-state index contributed by atoms with van der Waals surface area (Å²) in [5, 5.41) is 4.08. The van der Waals surface area contributed by atoms with E-state index < -0.39 is 0 Å². The van der Waals surface area contributed by atoms with Crippen LogP contribution in [-0.2, 0) is 4.74 Å². The van der Waals surface area contributed by atoms with Gasteiger partial charge in [-0.2, -0.15) is 0 Å². The molecule has 1 aromatic rings. The maximum atomic E-state index is 5.97. The molecule has 92 valence electrons. The van der Waals surface area contributed by atoms with Crippen LogP contribution in [0.4, 0.5) is 5.69 Å². The molecule has 0 heterocycles. The van der Waals surface area contributed by atoms with E-state index in [1.165, 1.54) is 0 Å². The molecule has 0 unspecified atom stereocenters. The van der Waals surface area contributed by atoms with E-state index in [1.54, 1.807) is 13.2 Å². The first kappa shape index (κ1) is 12.6. The number of anilines is 1. The molecule has 0 aromatic heterocycles. The number of ether oxygens (including phenoxy) is 1. The number of benzene rings is 1. The molecule has 0 spiro atoms. The molecule has 0 atom stereocenters. The van der Waals surface area contributed by atoms with Crippen molar-refractivity contribution >= 4 is 34.5 Å². The minimum Gasteiger partial charge on any atom is -0.389 e. The van der Waals surface area contributed by atoms with E-state index >= 15 is 0 Å². The maximum Gasteiger partial charge on any atom is 0.106 e. The molecule has 1 aliphatic carbocycles. The van der Waals surface area contributed by atoms with Crippen LogP contribution in [0.25, 0.3) is 0 Å². The van der Waals surface area contributed by atoms with E-state index in [-0.39, 0.29) is 0 Å². The summed E-state index contributed by atoms with van der Waals surface area (Å²) in [6.07, 6.45) is 2.36. The van der Waals surface area contributed by atoms with E-state index in [0.29, 0.717) is 22.2 Å². The molecule has 2 rings (SSSR count). The molecule has 1 fully saturated rings. The van der Waals surface area contributed by atoms with Crippen molar-refractivity contribution in [1.29, 1.82) is 0 Å². The van der Waals surface area contributed by atoms with E-state index in [1.807, 2.05) is 12.1 Å². The molecule has 3 N–H and O–H groups in total. The Morgan fingerprint density at radius 3 is 2.82 bits per heavy atom. The summed E-state index contributed by atoms with van der Waals surface area (Å²) in [7, 11) is 1.74. The average Bonchev–Trinajstić information content (AvgIpc) is 2.22. The lowest BCUT2D eigenvalue weighted by Gasteiger charge is -2.35. The number of thiocarbonyl (C=S) groups is 1. The molecule has 0 bridgehead atoms. The lowest BCUT2D eigenvalue weighted by molar-refractivity contribution is 0.0329. The third-order valence-corrected chi connectivity index (χ3v) is 3.49. The summed E-state index contributed by atoms with van der Waals surface area (Å²) in [4.78, 5) is 0.381. The highest BCUT2D eigenvalue weighted by atomic mass is 35.5. The van der Waals surface area contributed by atoms with Crippen LogP contribution >= 0.6 is 23.8 Å². The first-order chi connectivity index (χ1) is 8.10. The number of rotatable bonds is 4. The van der Waals surface area contributed by atoms with Gasteiger partial charge in [0.1, 0.15) is 4.99 Å². The Bertz CT molecular complexity index is 433. The summed E-state index contributed by atoms with van der Waals surface area (Å²) in [5.41, 5.74) is 7.42. The highest BCUT2D eigenvalue weighted by Crippen LogP contribution is 2.29. The van der Waals surface area contributed by atoms with Crippen LogP contribution in [0.2, 0.25) is 5.02 Å². The van der Waals surface area contributed by atoms with Crippen molar-refractivity contribution in [3.05, 3.63) is 28.8 Å². The SMILES string of the molecule is COC1CC(Nc2cc(Cl)ccc2C(N)=S)C1. The van der Waals surface area contributed by atoms with E-state index in [9.17, 15) is 0 Å². The smallest absolute Gasteiger partial charge is 0.106 e. The molecule has 0 aliphatic heterocycles. The molecule has 5 heteroatoms. The molecule has 3 nitrogen and oxygen atoms in total. The Balaban J connectivity index is 2.09. The minimum absolute atomic E-state index is 0.361. The predicted molar refractivity (Wildman–Crippen MR) is 74.8 cm³/mol. The van der Waals surface area contributed by atoms with Crippen molar-refractivity contribution in [1.82, 2.24) is 0 Å². The van der Waals surface area contributed by atoms with Crippen molar-refractivity contribution in [3.8, 4) is 0 Å². The molecule has 1 aliphatic rings. The van der Waals surface area contributed by atoms with Gasteiger partial charge in [0.25, 0.3) is 0 Å². The van der Waals surface area contributed by atoms with Crippen LogP contribution in [0.15, 0.2) is 18.2 Å². The van der Waals surface area contributed by atoms with Gasteiger partial charge in [-0.05, 0) is 31.0 Å². The monoisotopic (exact) mass is 270 g/mol. The average molecular weight is 271 g/mol. The normalized spacial score (nSPS) is 22.9. The van der Waals surface area contributed by atoms with Crippen LogP contribution in [0.5, 0.6) is 0 Å². The molecule has 0 amide bonds. The van der Waals surface area contributed by atoms with Crippen LogP contribution in [-0.4, -0.2) is 24.2 Å². The molecular weight excluding hydrogens is 256 g/mol. The van der Waals surface area contributed by atoms with Crippen molar-refractivity contribution in [3.63, 3.8) is 0 Å². The van der Waals surface area contributed by atoms with Gasteiger partial charge in [0.15, 0.2) is 0 Å². The summed E-state index contributed by atoms with van der Waals surface area (Å²) in [5.74, 6) is 0. The Labute approximate surface area is 111 Å². The summed E-state index contributed by atoms with van der Waals surface area (Å²) in [6.45, 7) is 0. The zero-order valence-corrected chi connectivity index (χ0v) is 11.1. The van der Waals surface area contributed by atoms with Crippen LogP contribution in [0.1, 0.15) is 18.4 Å². The van der Waals surface area contributed by atoms with Crippen LogP contribution < -0.4 is 11.1 Å². The predicted octanol–water partition coefficient (Wildman–Crippen LogP) is 2.56. The first-order valence-electron chi connectivity index (χ1n) is 5.49. The van der Waals surface area contributed by atoms with Crippen molar-refractivity contribution in [2.24, 2.45) is 5.73 Å². The van der Waals surface area contributed by atoms with Gasteiger partial charge >= 0.3 is 0 Å². The number of nitrogens with one attached hydrogen (secondary N) is 1. The standard InChI is InChI=1S/C12H15ClN2OS/c1-16-9-5-8(6-9)15-11-4-7(13)2-3-10(11)12(14)17/h2-4,8-9,15H,5-6H2,1H3,(H2,14,17). The third-order valence-electron chi connectivity index (χ3n) is 3.03. The third kappa shape index (κ3) is 2.89. The Morgan fingerprint density at radius 1 is 1.53 bits per heavy atom. The van der Waals surface area contributed by atoms with Gasteiger partial charge in [-0.15, -0.1) is 0 Å². The van der Waals surface area contributed by atoms with Crippen LogP contribution in [0.3, 0.4) is 0 Å². The van der Waals surface area contributed by atoms with Crippen molar-refractivity contribution < 1.29 is 4.74 Å². The fourth-order valence-electron chi connectivity index (χ4n) is 1.95. The second-order valence-corrected chi connectivity index (χ2v) is 5.10. The van der Waals surface area contributed by atoms with Gasteiger partial charge < -0.3 is 15.8 Å². The fraction of sp³-hybridized carbons (Fsp3) is 0.417. The summed E-state index contributed by atoms with van der Waals surface area (Å²) < 4.78 is 5.24. The molecule has 1 aromatic carbocycles. The van der Waals surface area contributed by atoms with Gasteiger partial charge in [-0.3, -0.25) is 0 Å². The number of hydrogen-bond donors (Lipinski definition) is 2. The highest BCUT2D eigenvalue weighted by Gasteiger charge is 2.29. The summed E-state index contributed by atoms with van der Waals surface area (Å²) >= 11 is 11.0. The number of nitrogens with two attached hydrogens (primary N) is 1. The lowest BCUT2D eigenvalue weighted by Crippen LogP contribution is -2.40. The minimum atomic E-state index is 0.361. The quantitative estimate of drug-likeness (QED) is 0.826. The zero-order chi connectivity index (χ0) is 12.4. The molecule has 0 radical (unpaired) electrons. The largest absolute Gasteiger partial charge is 0.389 e. The van der Waals surface area contributed by atoms with Gasteiger partial charge in [0, 0.05) is 29.4 Å². The Kier molecular flexibility index (Phi) is 3.86. The second kappa shape index (κ2) is 5.21. The van der Waals surface area contributed by atoms with Gasteiger partial charge in [-0.1, -0.05) is 23.8 Å². The van der Waals surface area contributed by atoms with E-state index in [0.717, 1.165) is 24.1 Å². The molecule has 0 saturated heterocycles. The van der Waals surface area contributed by atoms with Gasteiger partial charge in [0.05, 0.1) is 6.10 Å². The van der Waals surface area contributed by atoms with Crippen molar-refractivity contribution in [2.45, 2.75) is 25.0 Å². The molecule has 17 heavy (non-hydrogen) atoms. The van der Waals surface area contributed by atoms with Gasteiger partial charge in [-0.25, -0.2) is 0 Å². The summed E-state index contributed by atoms with van der Waals surface area (Å²) in [6, 6.07) is 5.90. The molecular formula is C12H15ClN2OS. The zero-order valence-electron chi connectivity index (χ0n) is 9.57. The fourth-order valence-corrected chi connectivity index (χ4v) is 2.30. The molecule has 1 saturated carbocycles. The van der Waals surface area contributed by atoms with E-state index in [4.69, 9.17) is 34.3 Å². The Morgan fingerprint density at radius 2 is 2.24 bits per heavy atom. The topological polar surface area (TPSA) is 47.3 Å². The van der Waals surface area contributed by atoms with Crippen LogP contribution in [0, 0.1) is 0 Å². The number of halogens is 1. The lowest BCUT2D eigenvalue weighted by atomic mass is 9.89. The number of hydrogen-bond acceptors (Lipinski definition) is 3. The maximum absolute atomic E-state index is 5.97.